The van der Waals surface area contributed by atoms with Crippen LogP contribution in [0, 0.1) is 0 Å². The Hall–Kier alpha value is -2.10. The van der Waals surface area contributed by atoms with Crippen LogP contribution in [0.25, 0.3) is 0 Å². The number of ether oxygens (including phenoxy) is 1. The first-order valence-corrected chi connectivity index (χ1v) is 13.0. The largest absolute Gasteiger partial charge is 0.387 e. The molecule has 1 aromatic heterocycles. The summed E-state index contributed by atoms with van der Waals surface area (Å²) in [4.78, 5) is 26.1. The summed E-state index contributed by atoms with van der Waals surface area (Å²) in [6.45, 7) is 6.81. The molecule has 0 saturated carbocycles. The number of benzene rings is 1. The van der Waals surface area contributed by atoms with E-state index in [0.29, 0.717) is 17.5 Å². The highest BCUT2D eigenvalue weighted by Gasteiger charge is 2.36. The number of anilines is 1. The highest BCUT2D eigenvalue weighted by atomic mass is 35.5. The maximum absolute atomic E-state index is 12.4. The fourth-order valence-electron chi connectivity index (χ4n) is 5.73. The lowest BCUT2D eigenvalue weighted by Gasteiger charge is -2.44. The molecule has 2 aliphatic heterocycles. The van der Waals surface area contributed by atoms with E-state index < -0.39 is 6.10 Å². The van der Waals surface area contributed by atoms with Gasteiger partial charge in [-0.25, -0.2) is 9.97 Å². The number of carbonyl (C=O) groups excluding carboxylic acids is 1. The number of aliphatic hydroxyl groups is 1. The Morgan fingerprint density at radius 2 is 1.86 bits per heavy atom. The van der Waals surface area contributed by atoms with E-state index in [9.17, 15) is 9.90 Å². The molecule has 0 bridgehead atoms. The molecule has 2 saturated heterocycles. The molecule has 0 radical (unpaired) electrons. The summed E-state index contributed by atoms with van der Waals surface area (Å²) in [5.74, 6) is 0.874. The number of aliphatic hydroxyl groups excluding tert-OH is 1. The predicted octanol–water partition coefficient (Wildman–Crippen LogP) is 2.87. The van der Waals surface area contributed by atoms with E-state index >= 15 is 0 Å². The van der Waals surface area contributed by atoms with Gasteiger partial charge in [-0.15, -0.1) is 0 Å². The molecule has 5 rings (SSSR count). The summed E-state index contributed by atoms with van der Waals surface area (Å²) in [7, 11) is 0. The molecule has 2 unspecified atom stereocenters. The van der Waals surface area contributed by atoms with Gasteiger partial charge in [-0.1, -0.05) is 30.7 Å². The molecule has 0 amide bonds. The van der Waals surface area contributed by atoms with Crippen molar-refractivity contribution in [2.24, 2.45) is 0 Å². The van der Waals surface area contributed by atoms with Gasteiger partial charge in [0.15, 0.2) is 0 Å². The number of hydrogen-bond acceptors (Lipinski definition) is 8. The zero-order valence-electron chi connectivity index (χ0n) is 20.1. The molecule has 9 heteroatoms. The third-order valence-corrected chi connectivity index (χ3v) is 7.91. The van der Waals surface area contributed by atoms with E-state index in [1.807, 2.05) is 24.3 Å². The van der Waals surface area contributed by atoms with Gasteiger partial charge in [0.2, 0.25) is 0 Å². The lowest BCUT2D eigenvalue weighted by molar-refractivity contribution is -0.111. The van der Waals surface area contributed by atoms with Crippen molar-refractivity contribution in [2.45, 2.75) is 56.3 Å². The second-order valence-corrected chi connectivity index (χ2v) is 10.3. The summed E-state index contributed by atoms with van der Waals surface area (Å²) in [6.07, 6.45) is 4.58. The van der Waals surface area contributed by atoms with Crippen LogP contribution in [0.4, 0.5) is 5.82 Å². The molecule has 3 aliphatic rings. The van der Waals surface area contributed by atoms with Crippen molar-refractivity contribution in [1.29, 1.82) is 0 Å². The monoisotopic (exact) mass is 499 g/mol. The van der Waals surface area contributed by atoms with E-state index in [1.54, 1.807) is 6.33 Å². The van der Waals surface area contributed by atoms with Gasteiger partial charge in [-0.2, -0.15) is 0 Å². The summed E-state index contributed by atoms with van der Waals surface area (Å²) >= 11 is 6.12. The van der Waals surface area contributed by atoms with Crippen LogP contribution in [0.1, 0.15) is 60.9 Å². The number of hydrogen-bond donors (Lipinski definition) is 2. The zero-order chi connectivity index (χ0) is 24.4. The smallest absolute Gasteiger partial charge is 0.135 e. The molecule has 35 heavy (non-hydrogen) atoms. The van der Waals surface area contributed by atoms with E-state index in [1.165, 1.54) is 0 Å². The minimum atomic E-state index is -0.510. The molecule has 188 valence electrons. The number of rotatable bonds is 7. The van der Waals surface area contributed by atoms with Gasteiger partial charge in [0, 0.05) is 56.0 Å². The number of carbonyl (C=O) groups is 1. The predicted molar refractivity (Wildman–Crippen MR) is 135 cm³/mol. The second-order valence-electron chi connectivity index (χ2n) is 9.88. The van der Waals surface area contributed by atoms with Crippen molar-refractivity contribution in [1.82, 2.24) is 20.2 Å². The Morgan fingerprint density at radius 1 is 1.14 bits per heavy atom. The van der Waals surface area contributed by atoms with Crippen LogP contribution in [0.3, 0.4) is 0 Å². The number of aromatic nitrogens is 2. The van der Waals surface area contributed by atoms with E-state index in [4.69, 9.17) is 16.3 Å². The zero-order valence-corrected chi connectivity index (χ0v) is 20.9. The summed E-state index contributed by atoms with van der Waals surface area (Å²) in [5, 5.41) is 14.9. The van der Waals surface area contributed by atoms with E-state index in [-0.39, 0.29) is 18.0 Å². The van der Waals surface area contributed by atoms with Crippen LogP contribution in [0.5, 0.6) is 0 Å². The Labute approximate surface area is 211 Å². The third-order valence-electron chi connectivity index (χ3n) is 7.66. The minimum absolute atomic E-state index is 0.115. The van der Waals surface area contributed by atoms with Crippen LogP contribution in [0.2, 0.25) is 5.02 Å². The number of aldehydes is 1. The van der Waals surface area contributed by atoms with E-state index in [0.717, 1.165) is 81.2 Å². The second kappa shape index (κ2) is 10.9. The Morgan fingerprint density at radius 3 is 2.54 bits per heavy atom. The standard InChI is InChI=1S/C26H34ClN5O3/c1-17-14-22(34)24-23(17)26(29-16-28-24)32-10-8-31(9-11-32)25(30-20-6-12-35-13-7-20)21(15-33)18-2-4-19(27)5-3-18/h2-5,15-17,20-22,25,30,34H,6-14H2,1H3/t17-,21?,22-,25?/m1/s1. The Kier molecular flexibility index (Phi) is 7.65. The average Bonchev–Trinajstić information content (AvgIpc) is 3.19. The normalized spacial score (nSPS) is 25.3. The first kappa shape index (κ1) is 24.6. The molecule has 3 heterocycles. The molecule has 8 nitrogen and oxygen atoms in total. The SMILES string of the molecule is C[C@@H]1C[C@@H](O)c2ncnc(N3CCN(C(NC4CCOCC4)C(C=O)c4ccc(Cl)cc4)CC3)c21. The quantitative estimate of drug-likeness (QED) is 0.562. The molecule has 2 N–H and O–H groups in total. The van der Waals surface area contributed by atoms with Gasteiger partial charge >= 0.3 is 0 Å². The van der Waals surface area contributed by atoms with Gasteiger partial charge in [-0.3, -0.25) is 10.2 Å². The highest BCUT2D eigenvalue weighted by molar-refractivity contribution is 6.30. The fraction of sp³-hybridized carbons (Fsp3) is 0.577. The van der Waals surface area contributed by atoms with Gasteiger partial charge in [0.05, 0.1) is 23.9 Å². The summed E-state index contributed by atoms with van der Waals surface area (Å²) in [5.41, 5.74) is 2.82. The minimum Gasteiger partial charge on any atom is -0.387 e. The van der Waals surface area contributed by atoms with Gasteiger partial charge in [-0.05, 0) is 42.9 Å². The van der Waals surface area contributed by atoms with Crippen LogP contribution < -0.4 is 10.2 Å². The molecule has 1 aliphatic carbocycles. The first-order chi connectivity index (χ1) is 17.0. The van der Waals surface area contributed by atoms with Crippen LogP contribution in [-0.2, 0) is 9.53 Å². The maximum atomic E-state index is 12.4. The first-order valence-electron chi connectivity index (χ1n) is 12.6. The van der Waals surface area contributed by atoms with Crippen LogP contribution >= 0.6 is 11.6 Å². The molecule has 0 spiro atoms. The lowest BCUT2D eigenvalue weighted by Crippen LogP contribution is -2.59. The highest BCUT2D eigenvalue weighted by Crippen LogP contribution is 2.42. The Balaban J connectivity index is 1.35. The van der Waals surface area contributed by atoms with Crippen molar-refractivity contribution < 1.29 is 14.6 Å². The Bertz CT molecular complexity index is 1010. The van der Waals surface area contributed by atoms with Gasteiger partial charge in [0.1, 0.15) is 18.4 Å². The lowest BCUT2D eigenvalue weighted by atomic mass is 9.94. The number of nitrogens with zero attached hydrogens (tertiary/aromatic N) is 4. The molecule has 1 aromatic carbocycles. The molecule has 4 atom stereocenters. The number of fused-ring (bicyclic) bond motifs is 1. The average molecular weight is 500 g/mol. The molecule has 2 fully saturated rings. The van der Waals surface area contributed by atoms with Crippen LogP contribution in [0.15, 0.2) is 30.6 Å². The topological polar surface area (TPSA) is 90.8 Å². The summed E-state index contributed by atoms with van der Waals surface area (Å²) in [6, 6.07) is 7.92. The van der Waals surface area contributed by atoms with Crippen molar-refractivity contribution in [3.63, 3.8) is 0 Å². The van der Waals surface area contributed by atoms with E-state index in [2.05, 4.69) is 32.0 Å². The van der Waals surface area contributed by atoms with Gasteiger partial charge in [0.25, 0.3) is 0 Å². The number of piperazine rings is 1. The fourth-order valence-corrected chi connectivity index (χ4v) is 5.85. The van der Waals surface area contributed by atoms with Crippen molar-refractivity contribution in [3.8, 4) is 0 Å². The van der Waals surface area contributed by atoms with Crippen molar-refractivity contribution >= 4 is 23.7 Å². The maximum Gasteiger partial charge on any atom is 0.135 e. The number of nitrogens with one attached hydrogen (secondary N) is 1. The van der Waals surface area contributed by atoms with Crippen LogP contribution in [-0.4, -0.2) is 77.9 Å². The third kappa shape index (κ3) is 5.22. The van der Waals surface area contributed by atoms with Gasteiger partial charge < -0.3 is 19.5 Å². The summed E-state index contributed by atoms with van der Waals surface area (Å²) < 4.78 is 5.55. The number of halogens is 1. The molecular formula is C26H34ClN5O3. The van der Waals surface area contributed by atoms with Crippen molar-refractivity contribution in [3.05, 3.63) is 52.4 Å². The van der Waals surface area contributed by atoms with Crippen molar-refractivity contribution in [2.75, 3.05) is 44.3 Å². The molecular weight excluding hydrogens is 466 g/mol. The molecule has 2 aromatic rings.